The Morgan fingerprint density at radius 2 is 2.05 bits per heavy atom. The Bertz CT molecular complexity index is 523. The Labute approximate surface area is 135 Å². The first-order valence-electron chi connectivity index (χ1n) is 7.45. The van der Waals surface area contributed by atoms with Crippen molar-refractivity contribution in [2.45, 2.75) is 39.5 Å². The van der Waals surface area contributed by atoms with E-state index in [2.05, 4.69) is 12.2 Å². The van der Waals surface area contributed by atoms with E-state index in [1.807, 2.05) is 0 Å². The summed E-state index contributed by atoms with van der Waals surface area (Å²) < 4.78 is 13.2. The normalized spacial score (nSPS) is 10.4. The Hall–Kier alpha value is -1.62. The van der Waals surface area contributed by atoms with Crippen LogP contribution in [0.3, 0.4) is 0 Å². The molecule has 122 valence electrons. The lowest BCUT2D eigenvalue weighted by molar-refractivity contribution is -0.121. The van der Waals surface area contributed by atoms with Crippen LogP contribution in [0.2, 0.25) is 5.02 Å². The number of unbranched alkanes of at least 4 members (excludes halogenated alkanes) is 2. The van der Waals surface area contributed by atoms with E-state index < -0.39 is 5.82 Å². The molecule has 0 aliphatic carbocycles. The number of nitrogens with one attached hydrogen (secondary N) is 1. The summed E-state index contributed by atoms with van der Waals surface area (Å²) in [4.78, 5) is 24.9. The quantitative estimate of drug-likeness (QED) is 0.742. The van der Waals surface area contributed by atoms with Gasteiger partial charge in [-0.25, -0.2) is 4.39 Å². The standard InChI is InChI=1S/C16H22ClFN2O2/c1-3-4-5-9-19-16(22)8-10-20(12(2)21)13-6-7-15(18)14(17)11-13/h6-7,11H,3-5,8-10H2,1-2H3,(H,19,22). The molecule has 2 amide bonds. The second-order valence-electron chi connectivity index (χ2n) is 5.08. The molecule has 4 nitrogen and oxygen atoms in total. The highest BCUT2D eigenvalue weighted by Gasteiger charge is 2.14. The van der Waals surface area contributed by atoms with E-state index in [0.29, 0.717) is 12.2 Å². The summed E-state index contributed by atoms with van der Waals surface area (Å²) >= 11 is 5.73. The average Bonchev–Trinajstić information content (AvgIpc) is 2.47. The molecule has 0 aromatic heterocycles. The van der Waals surface area contributed by atoms with Gasteiger partial charge in [-0.2, -0.15) is 0 Å². The summed E-state index contributed by atoms with van der Waals surface area (Å²) in [6.45, 7) is 4.38. The van der Waals surface area contributed by atoms with Crippen molar-refractivity contribution in [1.82, 2.24) is 5.32 Å². The van der Waals surface area contributed by atoms with Crippen molar-refractivity contribution in [3.63, 3.8) is 0 Å². The first kappa shape index (κ1) is 18.4. The molecule has 6 heteroatoms. The number of carbonyl (C=O) groups excluding carboxylic acids is 2. The van der Waals surface area contributed by atoms with Crippen LogP contribution in [0.15, 0.2) is 18.2 Å². The molecule has 0 aliphatic heterocycles. The Morgan fingerprint density at radius 3 is 2.64 bits per heavy atom. The predicted octanol–water partition coefficient (Wildman–Crippen LogP) is 3.53. The Morgan fingerprint density at radius 1 is 1.32 bits per heavy atom. The minimum absolute atomic E-state index is 0.0484. The number of benzene rings is 1. The number of nitrogens with zero attached hydrogens (tertiary/aromatic N) is 1. The molecule has 0 fully saturated rings. The van der Waals surface area contributed by atoms with Gasteiger partial charge in [-0.3, -0.25) is 9.59 Å². The highest BCUT2D eigenvalue weighted by atomic mass is 35.5. The SMILES string of the molecule is CCCCCNC(=O)CCN(C(C)=O)c1ccc(F)c(Cl)c1. The van der Waals surface area contributed by atoms with Crippen LogP contribution in [0.25, 0.3) is 0 Å². The number of hydrogen-bond donors (Lipinski definition) is 1. The van der Waals surface area contributed by atoms with Crippen molar-refractivity contribution in [3.05, 3.63) is 29.0 Å². The summed E-state index contributed by atoms with van der Waals surface area (Å²) in [5, 5.41) is 2.77. The van der Waals surface area contributed by atoms with Gasteiger partial charge in [0, 0.05) is 32.1 Å². The van der Waals surface area contributed by atoms with Crippen LogP contribution >= 0.6 is 11.6 Å². The van der Waals surface area contributed by atoms with Crippen LogP contribution in [0.4, 0.5) is 10.1 Å². The molecule has 1 N–H and O–H groups in total. The molecule has 1 aromatic carbocycles. The highest BCUT2D eigenvalue weighted by Crippen LogP contribution is 2.23. The summed E-state index contributed by atoms with van der Waals surface area (Å²) in [5.74, 6) is -0.861. The number of anilines is 1. The van der Waals surface area contributed by atoms with Crippen LogP contribution < -0.4 is 10.2 Å². The van der Waals surface area contributed by atoms with Gasteiger partial charge in [-0.1, -0.05) is 31.4 Å². The topological polar surface area (TPSA) is 49.4 Å². The van der Waals surface area contributed by atoms with E-state index in [1.54, 1.807) is 0 Å². The molecule has 0 saturated heterocycles. The zero-order chi connectivity index (χ0) is 16.5. The van der Waals surface area contributed by atoms with Crippen LogP contribution in [-0.4, -0.2) is 24.9 Å². The minimum Gasteiger partial charge on any atom is -0.356 e. The third-order valence-corrected chi connectivity index (χ3v) is 3.55. The number of rotatable bonds is 8. The van der Waals surface area contributed by atoms with E-state index in [9.17, 15) is 14.0 Å². The molecule has 0 aliphatic rings. The van der Waals surface area contributed by atoms with Crippen LogP contribution in [0.5, 0.6) is 0 Å². The van der Waals surface area contributed by atoms with E-state index in [-0.39, 0.29) is 29.8 Å². The summed E-state index contributed by atoms with van der Waals surface area (Å²) in [7, 11) is 0. The van der Waals surface area contributed by atoms with Crippen molar-refractivity contribution < 1.29 is 14.0 Å². The molecule has 0 heterocycles. The van der Waals surface area contributed by atoms with E-state index in [4.69, 9.17) is 11.6 Å². The minimum atomic E-state index is -0.539. The lowest BCUT2D eigenvalue weighted by atomic mass is 10.2. The van der Waals surface area contributed by atoms with Crippen molar-refractivity contribution >= 4 is 29.1 Å². The van der Waals surface area contributed by atoms with Crippen molar-refractivity contribution in [1.29, 1.82) is 0 Å². The van der Waals surface area contributed by atoms with Gasteiger partial charge in [0.05, 0.1) is 5.02 Å². The van der Waals surface area contributed by atoms with Gasteiger partial charge in [-0.15, -0.1) is 0 Å². The first-order chi connectivity index (χ1) is 10.5. The van der Waals surface area contributed by atoms with Gasteiger partial charge in [0.1, 0.15) is 5.82 Å². The van der Waals surface area contributed by atoms with Crippen LogP contribution in [-0.2, 0) is 9.59 Å². The van der Waals surface area contributed by atoms with Gasteiger partial charge in [0.2, 0.25) is 11.8 Å². The van der Waals surface area contributed by atoms with Gasteiger partial charge >= 0.3 is 0 Å². The molecule has 1 rings (SSSR count). The highest BCUT2D eigenvalue weighted by molar-refractivity contribution is 6.31. The molecule has 0 spiro atoms. The van der Waals surface area contributed by atoms with Gasteiger partial charge in [0.15, 0.2) is 0 Å². The average molecular weight is 329 g/mol. The van der Waals surface area contributed by atoms with Crippen molar-refractivity contribution in [2.75, 3.05) is 18.0 Å². The fourth-order valence-corrected chi connectivity index (χ4v) is 2.20. The van der Waals surface area contributed by atoms with E-state index in [0.717, 1.165) is 19.3 Å². The number of hydrogen-bond acceptors (Lipinski definition) is 2. The number of amides is 2. The molecule has 0 atom stereocenters. The van der Waals surface area contributed by atoms with Gasteiger partial charge in [-0.05, 0) is 24.6 Å². The maximum Gasteiger partial charge on any atom is 0.223 e. The zero-order valence-electron chi connectivity index (χ0n) is 13.0. The second kappa shape index (κ2) is 9.41. The molecule has 0 saturated carbocycles. The van der Waals surface area contributed by atoms with Gasteiger partial charge < -0.3 is 10.2 Å². The molecule has 0 bridgehead atoms. The monoisotopic (exact) mass is 328 g/mol. The number of halogens is 2. The van der Waals surface area contributed by atoms with Gasteiger partial charge in [0.25, 0.3) is 0 Å². The lowest BCUT2D eigenvalue weighted by Crippen LogP contribution is -2.34. The lowest BCUT2D eigenvalue weighted by Gasteiger charge is -2.21. The molecule has 0 radical (unpaired) electrons. The van der Waals surface area contributed by atoms with E-state index in [1.165, 1.54) is 30.0 Å². The third kappa shape index (κ3) is 6.02. The maximum atomic E-state index is 13.2. The molecule has 1 aromatic rings. The van der Waals surface area contributed by atoms with Crippen LogP contribution in [0.1, 0.15) is 39.5 Å². The third-order valence-electron chi connectivity index (χ3n) is 3.26. The first-order valence-corrected chi connectivity index (χ1v) is 7.83. The summed E-state index contributed by atoms with van der Waals surface area (Å²) in [6, 6.07) is 4.07. The predicted molar refractivity (Wildman–Crippen MR) is 86.6 cm³/mol. The largest absolute Gasteiger partial charge is 0.356 e. The summed E-state index contributed by atoms with van der Waals surface area (Å²) in [6.07, 6.45) is 3.32. The molecule has 22 heavy (non-hydrogen) atoms. The number of carbonyl (C=O) groups is 2. The molecular formula is C16H22ClFN2O2. The van der Waals surface area contributed by atoms with E-state index >= 15 is 0 Å². The Balaban J connectivity index is 2.56. The fraction of sp³-hybridized carbons (Fsp3) is 0.500. The maximum absolute atomic E-state index is 13.2. The zero-order valence-corrected chi connectivity index (χ0v) is 13.8. The van der Waals surface area contributed by atoms with Crippen molar-refractivity contribution in [3.8, 4) is 0 Å². The molecule has 0 unspecified atom stereocenters. The van der Waals surface area contributed by atoms with Crippen molar-refractivity contribution in [2.24, 2.45) is 0 Å². The smallest absolute Gasteiger partial charge is 0.223 e. The second-order valence-corrected chi connectivity index (χ2v) is 5.48. The van der Waals surface area contributed by atoms with Crippen LogP contribution in [0, 0.1) is 5.82 Å². The Kier molecular flexibility index (Phi) is 7.88. The molecular weight excluding hydrogens is 307 g/mol. The fourth-order valence-electron chi connectivity index (χ4n) is 2.03. The summed E-state index contributed by atoms with van der Waals surface area (Å²) in [5.41, 5.74) is 0.484.